The van der Waals surface area contributed by atoms with E-state index in [1.54, 1.807) is 24.5 Å². The zero-order valence-electron chi connectivity index (χ0n) is 14.6. The highest BCUT2D eigenvalue weighted by molar-refractivity contribution is 5.76. The zero-order valence-corrected chi connectivity index (χ0v) is 14.6. The molecule has 0 amide bonds. The quantitative estimate of drug-likeness (QED) is 0.635. The zero-order chi connectivity index (χ0) is 17.8. The lowest BCUT2D eigenvalue weighted by Crippen LogP contribution is -2.45. The van der Waals surface area contributed by atoms with Crippen molar-refractivity contribution in [3.05, 3.63) is 54.4 Å². The molecular formula is C20H23N3O3. The number of pyridine rings is 1. The molecule has 1 aliphatic heterocycles. The smallest absolute Gasteiger partial charge is 0.315 e. The molecule has 4 rings (SSSR count). The number of fused-ring (bicyclic) bond motifs is 1. The van der Waals surface area contributed by atoms with Crippen LogP contribution >= 0.6 is 0 Å². The summed E-state index contributed by atoms with van der Waals surface area (Å²) in [4.78, 5) is 16.6. The molecule has 3 unspecified atom stereocenters. The predicted molar refractivity (Wildman–Crippen MR) is 96.4 cm³/mol. The first-order chi connectivity index (χ1) is 12.8. The minimum Gasteiger partial charge on any atom is -0.489 e. The topological polar surface area (TPSA) is 72.5 Å². The van der Waals surface area contributed by atoms with Crippen molar-refractivity contribution in [2.75, 3.05) is 6.54 Å². The standard InChI is InChI=1S/C20H23N3O3/c24-20(18-3-1-2-15-12-22-23-19(15)18)26-17-6-4-16(5-7-17)25-13-14-8-10-21-11-9-14/h4-11,15,18-19,22-23H,1-3,12-13H2. The van der Waals surface area contributed by atoms with Gasteiger partial charge in [-0.2, -0.15) is 0 Å². The van der Waals surface area contributed by atoms with E-state index in [0.717, 1.165) is 37.1 Å². The number of nitrogens with zero attached hydrogens (tertiary/aromatic N) is 1. The van der Waals surface area contributed by atoms with Crippen LogP contribution in [0.5, 0.6) is 11.5 Å². The van der Waals surface area contributed by atoms with Crippen molar-refractivity contribution in [3.63, 3.8) is 0 Å². The second kappa shape index (κ2) is 7.85. The number of rotatable bonds is 5. The monoisotopic (exact) mass is 353 g/mol. The van der Waals surface area contributed by atoms with Crippen LogP contribution in [0, 0.1) is 11.8 Å². The first-order valence-corrected chi connectivity index (χ1v) is 9.11. The highest BCUT2D eigenvalue weighted by Crippen LogP contribution is 2.32. The summed E-state index contributed by atoms with van der Waals surface area (Å²) < 4.78 is 11.3. The molecule has 0 spiro atoms. The maximum absolute atomic E-state index is 12.6. The van der Waals surface area contributed by atoms with E-state index in [0.29, 0.717) is 18.3 Å². The fourth-order valence-corrected chi connectivity index (χ4v) is 3.75. The Bertz CT molecular complexity index is 736. The average molecular weight is 353 g/mol. The van der Waals surface area contributed by atoms with Gasteiger partial charge >= 0.3 is 5.97 Å². The molecule has 2 aliphatic rings. The maximum atomic E-state index is 12.6. The molecule has 26 heavy (non-hydrogen) atoms. The van der Waals surface area contributed by atoms with Gasteiger partial charge < -0.3 is 9.47 Å². The Morgan fingerprint density at radius 3 is 2.65 bits per heavy atom. The molecule has 0 bridgehead atoms. The first-order valence-electron chi connectivity index (χ1n) is 9.11. The van der Waals surface area contributed by atoms with Gasteiger partial charge in [-0.3, -0.25) is 20.6 Å². The van der Waals surface area contributed by atoms with Crippen LogP contribution in [0.2, 0.25) is 0 Å². The van der Waals surface area contributed by atoms with Gasteiger partial charge in [0.1, 0.15) is 18.1 Å². The fourth-order valence-electron chi connectivity index (χ4n) is 3.75. The number of hydrogen-bond donors (Lipinski definition) is 2. The minimum atomic E-state index is -0.152. The number of hydrazine groups is 1. The molecule has 2 N–H and O–H groups in total. The van der Waals surface area contributed by atoms with Crippen molar-refractivity contribution in [1.82, 2.24) is 15.8 Å². The molecule has 1 saturated carbocycles. The molecule has 2 heterocycles. The highest BCUT2D eigenvalue weighted by atomic mass is 16.5. The Morgan fingerprint density at radius 2 is 1.85 bits per heavy atom. The molecule has 0 radical (unpaired) electrons. The summed E-state index contributed by atoms with van der Waals surface area (Å²) in [7, 11) is 0. The first kappa shape index (κ1) is 17.0. The summed E-state index contributed by atoms with van der Waals surface area (Å²) in [6.45, 7) is 1.41. The number of esters is 1. The van der Waals surface area contributed by atoms with Crippen LogP contribution in [-0.2, 0) is 11.4 Å². The lowest BCUT2D eigenvalue weighted by Gasteiger charge is -2.30. The third-order valence-electron chi connectivity index (χ3n) is 5.16. The average Bonchev–Trinajstić information content (AvgIpc) is 3.17. The predicted octanol–water partition coefficient (Wildman–Crippen LogP) is 2.46. The second-order valence-corrected chi connectivity index (χ2v) is 6.89. The molecule has 6 nitrogen and oxygen atoms in total. The van der Waals surface area contributed by atoms with E-state index in [1.807, 2.05) is 24.3 Å². The van der Waals surface area contributed by atoms with Gasteiger partial charge in [-0.25, -0.2) is 0 Å². The third kappa shape index (κ3) is 3.86. The van der Waals surface area contributed by atoms with Gasteiger partial charge in [0.05, 0.1) is 5.92 Å². The van der Waals surface area contributed by atoms with Gasteiger partial charge in [-0.05, 0) is 60.7 Å². The Balaban J connectivity index is 1.33. The van der Waals surface area contributed by atoms with Crippen molar-refractivity contribution in [2.45, 2.75) is 31.9 Å². The van der Waals surface area contributed by atoms with Crippen molar-refractivity contribution in [2.24, 2.45) is 11.8 Å². The number of carbonyl (C=O) groups excluding carboxylic acids is 1. The van der Waals surface area contributed by atoms with Crippen molar-refractivity contribution in [1.29, 1.82) is 0 Å². The van der Waals surface area contributed by atoms with Gasteiger partial charge in [0.2, 0.25) is 0 Å². The van der Waals surface area contributed by atoms with Gasteiger partial charge in [0.25, 0.3) is 0 Å². The van der Waals surface area contributed by atoms with Gasteiger partial charge in [0, 0.05) is 25.0 Å². The SMILES string of the molecule is O=C(Oc1ccc(OCc2ccncc2)cc1)C1CCCC2CNNC21. The van der Waals surface area contributed by atoms with Crippen LogP contribution in [0.1, 0.15) is 24.8 Å². The van der Waals surface area contributed by atoms with Crippen molar-refractivity contribution >= 4 is 5.97 Å². The number of hydrogen-bond acceptors (Lipinski definition) is 6. The maximum Gasteiger partial charge on any atom is 0.315 e. The molecule has 1 saturated heterocycles. The van der Waals surface area contributed by atoms with Crippen LogP contribution in [0.15, 0.2) is 48.8 Å². The molecule has 3 atom stereocenters. The molecule has 1 aromatic carbocycles. The number of aromatic nitrogens is 1. The Labute approximate surface area is 152 Å². The van der Waals surface area contributed by atoms with Crippen LogP contribution in [0.4, 0.5) is 0 Å². The van der Waals surface area contributed by atoms with E-state index in [2.05, 4.69) is 15.8 Å². The Morgan fingerprint density at radius 1 is 1.08 bits per heavy atom. The van der Waals surface area contributed by atoms with Gasteiger partial charge in [-0.15, -0.1) is 0 Å². The van der Waals surface area contributed by atoms with Crippen LogP contribution in [-0.4, -0.2) is 23.5 Å². The van der Waals surface area contributed by atoms with E-state index < -0.39 is 0 Å². The highest BCUT2D eigenvalue weighted by Gasteiger charge is 2.41. The van der Waals surface area contributed by atoms with E-state index in [-0.39, 0.29) is 17.9 Å². The summed E-state index contributed by atoms with van der Waals surface area (Å²) in [5.41, 5.74) is 7.47. The summed E-state index contributed by atoms with van der Waals surface area (Å²) in [6, 6.07) is 11.2. The minimum absolute atomic E-state index is 0.0913. The van der Waals surface area contributed by atoms with Crippen LogP contribution in [0.25, 0.3) is 0 Å². The molecular weight excluding hydrogens is 330 g/mol. The Hall–Kier alpha value is -2.44. The van der Waals surface area contributed by atoms with E-state index in [4.69, 9.17) is 9.47 Å². The third-order valence-corrected chi connectivity index (χ3v) is 5.16. The normalized spacial score (nSPS) is 24.7. The largest absolute Gasteiger partial charge is 0.489 e. The summed E-state index contributed by atoms with van der Waals surface area (Å²) in [6.07, 6.45) is 6.60. The Kier molecular flexibility index (Phi) is 5.13. The summed E-state index contributed by atoms with van der Waals surface area (Å²) in [5, 5.41) is 0. The van der Waals surface area contributed by atoms with Gasteiger partial charge in [-0.1, -0.05) is 6.42 Å². The molecule has 2 aromatic rings. The van der Waals surface area contributed by atoms with E-state index in [1.165, 1.54) is 0 Å². The van der Waals surface area contributed by atoms with E-state index >= 15 is 0 Å². The molecule has 1 aromatic heterocycles. The van der Waals surface area contributed by atoms with Crippen LogP contribution < -0.4 is 20.3 Å². The molecule has 1 aliphatic carbocycles. The molecule has 136 valence electrons. The number of nitrogens with one attached hydrogen (secondary N) is 2. The van der Waals surface area contributed by atoms with Crippen LogP contribution in [0.3, 0.4) is 0 Å². The molecule has 2 fully saturated rings. The number of benzene rings is 1. The molecule has 6 heteroatoms. The second-order valence-electron chi connectivity index (χ2n) is 6.89. The van der Waals surface area contributed by atoms with Crippen molar-refractivity contribution in [3.8, 4) is 11.5 Å². The lowest BCUT2D eigenvalue weighted by atomic mass is 9.78. The summed E-state index contributed by atoms with van der Waals surface area (Å²) in [5.74, 6) is 1.57. The lowest BCUT2D eigenvalue weighted by molar-refractivity contribution is -0.141. The number of ether oxygens (including phenoxy) is 2. The fraction of sp³-hybridized carbons (Fsp3) is 0.400. The van der Waals surface area contributed by atoms with Crippen molar-refractivity contribution < 1.29 is 14.3 Å². The summed E-state index contributed by atoms with van der Waals surface area (Å²) >= 11 is 0. The van der Waals surface area contributed by atoms with Gasteiger partial charge in [0.15, 0.2) is 0 Å². The van der Waals surface area contributed by atoms with E-state index in [9.17, 15) is 4.79 Å². The number of carbonyl (C=O) groups is 1.